The van der Waals surface area contributed by atoms with Crippen molar-refractivity contribution < 1.29 is 14.3 Å². The number of hydrogen-bond donors (Lipinski definition) is 0. The Balaban J connectivity index is 2.01. The molecule has 3 rings (SSSR count). The Bertz CT molecular complexity index is 912. The van der Waals surface area contributed by atoms with Crippen molar-refractivity contribution in [3.05, 3.63) is 50.8 Å². The van der Waals surface area contributed by atoms with Crippen molar-refractivity contribution in [2.75, 3.05) is 18.7 Å². The summed E-state index contributed by atoms with van der Waals surface area (Å²) in [5.41, 5.74) is -0.659. The monoisotopic (exact) mass is 317 g/mol. The minimum Gasteiger partial charge on any atom is -0.454 e. The molecule has 0 atom stereocenters. The molecule has 1 aliphatic rings. The van der Waals surface area contributed by atoms with Gasteiger partial charge in [-0.05, 0) is 12.1 Å². The van der Waals surface area contributed by atoms with Gasteiger partial charge in [0.1, 0.15) is 5.56 Å². The average molecular weight is 317 g/mol. The highest BCUT2D eigenvalue weighted by Crippen LogP contribution is 2.35. The van der Waals surface area contributed by atoms with Gasteiger partial charge >= 0.3 is 5.69 Å². The van der Waals surface area contributed by atoms with Crippen molar-refractivity contribution in [1.82, 2.24) is 9.13 Å². The molecule has 2 aromatic rings. The van der Waals surface area contributed by atoms with Crippen molar-refractivity contribution in [2.45, 2.75) is 0 Å². The van der Waals surface area contributed by atoms with Crippen LogP contribution in [-0.2, 0) is 14.1 Å². The topological polar surface area (TPSA) is 82.8 Å². The zero-order valence-electron chi connectivity index (χ0n) is 12.9. The van der Waals surface area contributed by atoms with Crippen LogP contribution in [0, 0.1) is 0 Å². The zero-order chi connectivity index (χ0) is 16.7. The molecular weight excluding hydrogens is 302 g/mol. The van der Waals surface area contributed by atoms with Crippen molar-refractivity contribution in [1.29, 1.82) is 0 Å². The van der Waals surface area contributed by atoms with Crippen LogP contribution in [0.2, 0.25) is 0 Å². The van der Waals surface area contributed by atoms with Gasteiger partial charge in [-0.2, -0.15) is 0 Å². The van der Waals surface area contributed by atoms with Crippen molar-refractivity contribution in [2.24, 2.45) is 14.1 Å². The van der Waals surface area contributed by atoms with Gasteiger partial charge in [-0.3, -0.25) is 14.2 Å². The van der Waals surface area contributed by atoms with Crippen LogP contribution in [0.25, 0.3) is 0 Å². The Hall–Kier alpha value is -3.03. The predicted molar refractivity (Wildman–Crippen MR) is 82.2 cm³/mol. The van der Waals surface area contributed by atoms with E-state index in [0.29, 0.717) is 17.2 Å². The number of aryl methyl sites for hydroxylation is 1. The molecule has 2 heterocycles. The smallest absolute Gasteiger partial charge is 0.330 e. The highest BCUT2D eigenvalue weighted by Gasteiger charge is 2.22. The van der Waals surface area contributed by atoms with Gasteiger partial charge in [-0.1, -0.05) is 0 Å². The van der Waals surface area contributed by atoms with E-state index in [-0.39, 0.29) is 12.4 Å². The second-order valence-corrected chi connectivity index (χ2v) is 5.20. The lowest BCUT2D eigenvalue weighted by atomic mass is 10.2. The Kier molecular flexibility index (Phi) is 3.44. The molecular formula is C15H15N3O5. The maximum absolute atomic E-state index is 12.6. The first kappa shape index (κ1) is 14.9. The number of fused-ring (bicyclic) bond motifs is 1. The van der Waals surface area contributed by atoms with Crippen LogP contribution in [0.4, 0.5) is 5.69 Å². The molecule has 0 spiro atoms. The summed E-state index contributed by atoms with van der Waals surface area (Å²) >= 11 is 0. The number of nitrogens with zero attached hydrogens (tertiary/aromatic N) is 3. The molecule has 0 bridgehead atoms. The fraction of sp³-hybridized carbons (Fsp3) is 0.267. The molecule has 1 aromatic heterocycles. The van der Waals surface area contributed by atoms with Crippen LogP contribution < -0.4 is 25.6 Å². The number of aromatic nitrogens is 2. The van der Waals surface area contributed by atoms with Crippen LogP contribution in [-0.4, -0.2) is 28.9 Å². The SMILES string of the molecule is CN(C(=O)c1cn(C)c(=O)n(C)c1=O)c1ccc2c(c1)OCO2. The van der Waals surface area contributed by atoms with E-state index < -0.39 is 17.2 Å². The van der Waals surface area contributed by atoms with Gasteiger partial charge in [0.15, 0.2) is 11.5 Å². The van der Waals surface area contributed by atoms with E-state index in [1.54, 1.807) is 25.2 Å². The Morgan fingerprint density at radius 3 is 2.61 bits per heavy atom. The molecule has 0 radical (unpaired) electrons. The summed E-state index contributed by atoms with van der Waals surface area (Å²) in [6.07, 6.45) is 1.25. The van der Waals surface area contributed by atoms with Crippen LogP contribution >= 0.6 is 0 Å². The molecule has 8 heteroatoms. The number of rotatable bonds is 2. The second kappa shape index (κ2) is 5.31. The van der Waals surface area contributed by atoms with Crippen molar-refractivity contribution in [3.63, 3.8) is 0 Å². The van der Waals surface area contributed by atoms with Gasteiger partial charge in [0, 0.05) is 39.1 Å². The normalized spacial score (nSPS) is 12.3. The molecule has 1 amide bonds. The number of hydrogen-bond acceptors (Lipinski definition) is 5. The van der Waals surface area contributed by atoms with E-state index in [0.717, 1.165) is 4.57 Å². The van der Waals surface area contributed by atoms with Gasteiger partial charge in [0.05, 0.1) is 0 Å². The number of anilines is 1. The average Bonchev–Trinajstić information content (AvgIpc) is 3.02. The number of carbonyl (C=O) groups excluding carboxylic acids is 1. The molecule has 0 aliphatic carbocycles. The molecule has 1 aromatic carbocycles. The lowest BCUT2D eigenvalue weighted by Gasteiger charge is -2.18. The zero-order valence-corrected chi connectivity index (χ0v) is 12.9. The molecule has 120 valence electrons. The second-order valence-electron chi connectivity index (χ2n) is 5.20. The minimum atomic E-state index is -0.634. The van der Waals surface area contributed by atoms with Crippen molar-refractivity contribution in [3.8, 4) is 11.5 Å². The predicted octanol–water partition coefficient (Wildman–Crippen LogP) is 0.0893. The fourth-order valence-electron chi connectivity index (χ4n) is 2.35. The summed E-state index contributed by atoms with van der Waals surface area (Å²) in [5.74, 6) is 0.628. The summed E-state index contributed by atoms with van der Waals surface area (Å²) in [6, 6.07) is 5.05. The van der Waals surface area contributed by atoms with E-state index in [9.17, 15) is 14.4 Å². The van der Waals surface area contributed by atoms with E-state index in [1.807, 2.05) is 0 Å². The van der Waals surface area contributed by atoms with Gasteiger partial charge in [-0.25, -0.2) is 4.79 Å². The van der Waals surface area contributed by atoms with Crippen molar-refractivity contribution >= 4 is 11.6 Å². The van der Waals surface area contributed by atoms with Crippen LogP contribution in [0.3, 0.4) is 0 Å². The Morgan fingerprint density at radius 2 is 1.87 bits per heavy atom. The third kappa shape index (κ3) is 2.37. The molecule has 0 unspecified atom stereocenters. The molecule has 0 fully saturated rings. The third-order valence-electron chi connectivity index (χ3n) is 3.72. The molecule has 0 saturated carbocycles. The van der Waals surface area contributed by atoms with Gasteiger partial charge < -0.3 is 18.9 Å². The molecule has 8 nitrogen and oxygen atoms in total. The quantitative estimate of drug-likeness (QED) is 0.784. The van der Waals surface area contributed by atoms with Crippen LogP contribution in [0.1, 0.15) is 10.4 Å². The van der Waals surface area contributed by atoms with Gasteiger partial charge in [-0.15, -0.1) is 0 Å². The summed E-state index contributed by atoms with van der Waals surface area (Å²) in [5, 5.41) is 0. The van der Waals surface area contributed by atoms with E-state index in [2.05, 4.69) is 0 Å². The standard InChI is InChI=1S/C15H15N3O5/c1-16-7-10(14(20)18(3)15(16)21)13(19)17(2)9-4-5-11-12(6-9)23-8-22-11/h4-7H,8H2,1-3H3. The highest BCUT2D eigenvalue weighted by molar-refractivity contribution is 6.05. The summed E-state index contributed by atoms with van der Waals surface area (Å²) < 4.78 is 12.6. The third-order valence-corrected chi connectivity index (χ3v) is 3.72. The summed E-state index contributed by atoms with van der Waals surface area (Å²) in [6.45, 7) is 0.137. The van der Waals surface area contributed by atoms with E-state index >= 15 is 0 Å². The number of carbonyl (C=O) groups is 1. The van der Waals surface area contributed by atoms with E-state index in [1.165, 1.54) is 29.8 Å². The van der Waals surface area contributed by atoms with Crippen LogP contribution in [0.5, 0.6) is 11.5 Å². The molecule has 23 heavy (non-hydrogen) atoms. The van der Waals surface area contributed by atoms with Crippen LogP contribution in [0.15, 0.2) is 34.0 Å². The van der Waals surface area contributed by atoms with Gasteiger partial charge in [0.2, 0.25) is 6.79 Å². The number of amides is 1. The number of benzene rings is 1. The maximum atomic E-state index is 12.6. The maximum Gasteiger partial charge on any atom is 0.330 e. The Morgan fingerprint density at radius 1 is 1.17 bits per heavy atom. The lowest BCUT2D eigenvalue weighted by molar-refractivity contribution is 0.0990. The molecule has 0 saturated heterocycles. The lowest BCUT2D eigenvalue weighted by Crippen LogP contribution is -2.42. The fourth-order valence-corrected chi connectivity index (χ4v) is 2.35. The summed E-state index contributed by atoms with van der Waals surface area (Å²) in [7, 11) is 4.37. The van der Waals surface area contributed by atoms with E-state index in [4.69, 9.17) is 9.47 Å². The molecule has 0 N–H and O–H groups in total. The summed E-state index contributed by atoms with van der Waals surface area (Å²) in [4.78, 5) is 37.8. The first-order valence-corrected chi connectivity index (χ1v) is 6.84. The number of ether oxygens (including phenoxy) is 2. The largest absolute Gasteiger partial charge is 0.454 e. The minimum absolute atomic E-state index is 0.0882. The first-order chi connectivity index (χ1) is 10.9. The Labute approximate surface area is 131 Å². The first-order valence-electron chi connectivity index (χ1n) is 6.84. The molecule has 1 aliphatic heterocycles. The van der Waals surface area contributed by atoms with Gasteiger partial charge in [0.25, 0.3) is 11.5 Å². The highest BCUT2D eigenvalue weighted by atomic mass is 16.7.